The van der Waals surface area contributed by atoms with Gasteiger partial charge in [-0.3, -0.25) is 5.73 Å². The summed E-state index contributed by atoms with van der Waals surface area (Å²) in [6.07, 6.45) is 2.77. The molecule has 0 bridgehead atoms. The second-order valence-electron chi connectivity index (χ2n) is 1.78. The van der Waals surface area contributed by atoms with Crippen LogP contribution in [0.4, 0.5) is 0 Å². The SMILES string of the molecule is NC1(C(=O)O)C=CNN1. The fraction of sp³-hybridized carbons (Fsp3) is 0.250. The Kier molecular flexibility index (Phi) is 1.15. The van der Waals surface area contributed by atoms with E-state index in [0.29, 0.717) is 0 Å². The number of hydrogen-bond acceptors (Lipinski definition) is 4. The molecule has 0 saturated heterocycles. The van der Waals surface area contributed by atoms with E-state index in [-0.39, 0.29) is 0 Å². The number of aliphatic carboxylic acids is 1. The van der Waals surface area contributed by atoms with Crippen molar-refractivity contribution in [3.63, 3.8) is 0 Å². The summed E-state index contributed by atoms with van der Waals surface area (Å²) >= 11 is 0. The molecule has 1 heterocycles. The molecular formula is C4H7N3O2. The van der Waals surface area contributed by atoms with Gasteiger partial charge in [0, 0.05) is 6.20 Å². The Morgan fingerprint density at radius 2 is 2.44 bits per heavy atom. The maximum absolute atomic E-state index is 10.2. The van der Waals surface area contributed by atoms with Crippen LogP contribution in [0.15, 0.2) is 12.3 Å². The van der Waals surface area contributed by atoms with E-state index in [1.54, 1.807) is 0 Å². The van der Waals surface area contributed by atoms with E-state index in [4.69, 9.17) is 10.8 Å². The lowest BCUT2D eigenvalue weighted by molar-refractivity contribution is -0.142. The van der Waals surface area contributed by atoms with Crippen molar-refractivity contribution in [2.75, 3.05) is 0 Å². The van der Waals surface area contributed by atoms with Crippen LogP contribution in [0.2, 0.25) is 0 Å². The van der Waals surface area contributed by atoms with Crippen LogP contribution in [0.25, 0.3) is 0 Å². The van der Waals surface area contributed by atoms with Crippen LogP contribution in [0.5, 0.6) is 0 Å². The highest BCUT2D eigenvalue weighted by molar-refractivity contribution is 5.80. The van der Waals surface area contributed by atoms with E-state index >= 15 is 0 Å². The normalized spacial score (nSPS) is 32.1. The highest BCUT2D eigenvalue weighted by Crippen LogP contribution is 1.99. The van der Waals surface area contributed by atoms with Crippen molar-refractivity contribution in [1.82, 2.24) is 10.9 Å². The molecule has 9 heavy (non-hydrogen) atoms. The van der Waals surface area contributed by atoms with Gasteiger partial charge < -0.3 is 10.5 Å². The van der Waals surface area contributed by atoms with Crippen LogP contribution in [0, 0.1) is 0 Å². The van der Waals surface area contributed by atoms with Crippen LogP contribution < -0.4 is 16.6 Å². The zero-order chi connectivity index (χ0) is 6.91. The molecule has 50 valence electrons. The summed E-state index contributed by atoms with van der Waals surface area (Å²) in [6.45, 7) is 0. The van der Waals surface area contributed by atoms with Crippen LogP contribution in [0.3, 0.4) is 0 Å². The van der Waals surface area contributed by atoms with Crippen molar-refractivity contribution in [2.24, 2.45) is 5.73 Å². The van der Waals surface area contributed by atoms with Gasteiger partial charge in [-0.25, -0.2) is 10.2 Å². The molecule has 1 aliphatic heterocycles. The Labute approximate surface area is 51.5 Å². The van der Waals surface area contributed by atoms with Crippen LogP contribution >= 0.6 is 0 Å². The van der Waals surface area contributed by atoms with E-state index < -0.39 is 11.6 Å². The standard InChI is InChI=1S/C4H7N3O2/c5-4(3(8)9)1-2-6-7-4/h1-2,6-7H,5H2,(H,8,9). The minimum Gasteiger partial charge on any atom is -0.479 e. The quantitative estimate of drug-likeness (QED) is 0.340. The number of hydrazine groups is 1. The summed E-state index contributed by atoms with van der Waals surface area (Å²) in [5, 5.41) is 8.39. The minimum atomic E-state index is -1.43. The average molecular weight is 129 g/mol. The summed E-state index contributed by atoms with van der Waals surface area (Å²) in [5.74, 6) is -1.11. The molecule has 5 N–H and O–H groups in total. The smallest absolute Gasteiger partial charge is 0.344 e. The number of nitrogens with one attached hydrogen (secondary N) is 2. The number of carboxylic acids is 1. The Morgan fingerprint density at radius 3 is 2.67 bits per heavy atom. The Hall–Kier alpha value is -1.07. The number of nitrogens with two attached hydrogens (primary N) is 1. The molecule has 0 aromatic rings. The van der Waals surface area contributed by atoms with Crippen LogP contribution in [0.1, 0.15) is 0 Å². The average Bonchev–Trinajstić information content (AvgIpc) is 2.16. The predicted molar refractivity (Wildman–Crippen MR) is 30.0 cm³/mol. The van der Waals surface area contributed by atoms with Gasteiger partial charge in [0.15, 0.2) is 0 Å². The number of carboxylic acid groups (broad SMARTS) is 1. The summed E-state index contributed by atoms with van der Waals surface area (Å²) in [5.41, 5.74) is 8.62. The van der Waals surface area contributed by atoms with E-state index in [1.807, 2.05) is 0 Å². The number of rotatable bonds is 1. The summed E-state index contributed by atoms with van der Waals surface area (Å²) < 4.78 is 0. The van der Waals surface area contributed by atoms with Gasteiger partial charge in [-0.2, -0.15) is 0 Å². The fourth-order valence-electron chi connectivity index (χ4n) is 0.501. The molecule has 0 aromatic carbocycles. The van der Waals surface area contributed by atoms with Gasteiger partial charge in [-0.1, -0.05) is 0 Å². The van der Waals surface area contributed by atoms with E-state index in [2.05, 4.69) is 10.9 Å². The van der Waals surface area contributed by atoms with Crippen molar-refractivity contribution < 1.29 is 9.90 Å². The lowest BCUT2D eigenvalue weighted by Crippen LogP contribution is -2.58. The Morgan fingerprint density at radius 1 is 1.78 bits per heavy atom. The Balaban J connectivity index is 2.74. The molecule has 0 saturated carbocycles. The highest BCUT2D eigenvalue weighted by atomic mass is 16.4. The zero-order valence-corrected chi connectivity index (χ0v) is 4.59. The van der Waals surface area contributed by atoms with Gasteiger partial charge in [0.05, 0.1) is 0 Å². The fourth-order valence-corrected chi connectivity index (χ4v) is 0.501. The van der Waals surface area contributed by atoms with Crippen molar-refractivity contribution in [3.8, 4) is 0 Å². The van der Waals surface area contributed by atoms with Gasteiger partial charge in [-0.05, 0) is 6.08 Å². The molecule has 5 heteroatoms. The third-order valence-electron chi connectivity index (χ3n) is 1.06. The zero-order valence-electron chi connectivity index (χ0n) is 4.59. The summed E-state index contributed by atoms with van der Waals surface area (Å²) in [6, 6.07) is 0. The summed E-state index contributed by atoms with van der Waals surface area (Å²) in [4.78, 5) is 10.2. The largest absolute Gasteiger partial charge is 0.479 e. The third-order valence-corrected chi connectivity index (χ3v) is 1.06. The third kappa shape index (κ3) is 0.868. The van der Waals surface area contributed by atoms with E-state index in [1.165, 1.54) is 12.3 Å². The molecule has 5 nitrogen and oxygen atoms in total. The topological polar surface area (TPSA) is 87.4 Å². The van der Waals surface area contributed by atoms with Gasteiger partial charge >= 0.3 is 5.97 Å². The van der Waals surface area contributed by atoms with Crippen molar-refractivity contribution in [3.05, 3.63) is 12.3 Å². The van der Waals surface area contributed by atoms with E-state index in [9.17, 15) is 4.79 Å². The first-order valence-electron chi connectivity index (χ1n) is 2.38. The predicted octanol–water partition coefficient (Wildman–Crippen LogP) is -1.65. The maximum Gasteiger partial charge on any atom is 0.344 e. The minimum absolute atomic E-state index is 1.11. The molecule has 0 amide bonds. The number of hydrogen-bond donors (Lipinski definition) is 4. The second-order valence-corrected chi connectivity index (χ2v) is 1.78. The molecule has 0 spiro atoms. The maximum atomic E-state index is 10.2. The first-order chi connectivity index (χ1) is 4.15. The van der Waals surface area contributed by atoms with Gasteiger partial charge in [-0.15, -0.1) is 0 Å². The molecule has 0 aromatic heterocycles. The summed E-state index contributed by atoms with van der Waals surface area (Å²) in [7, 11) is 0. The van der Waals surface area contributed by atoms with E-state index in [0.717, 1.165) is 0 Å². The molecule has 1 rings (SSSR count). The molecule has 1 aliphatic rings. The number of carbonyl (C=O) groups is 1. The first-order valence-corrected chi connectivity index (χ1v) is 2.38. The molecule has 1 unspecified atom stereocenters. The highest BCUT2D eigenvalue weighted by Gasteiger charge is 2.32. The lowest BCUT2D eigenvalue weighted by Gasteiger charge is -2.14. The monoisotopic (exact) mass is 129 g/mol. The molecule has 0 radical (unpaired) electrons. The lowest BCUT2D eigenvalue weighted by atomic mass is 10.2. The van der Waals surface area contributed by atoms with Gasteiger partial charge in [0.2, 0.25) is 5.66 Å². The molecular weight excluding hydrogens is 122 g/mol. The van der Waals surface area contributed by atoms with Crippen LogP contribution in [-0.2, 0) is 4.79 Å². The first kappa shape index (κ1) is 6.06. The van der Waals surface area contributed by atoms with Crippen molar-refractivity contribution in [1.29, 1.82) is 0 Å². The second kappa shape index (κ2) is 1.71. The van der Waals surface area contributed by atoms with Gasteiger partial charge in [0.25, 0.3) is 0 Å². The Bertz CT molecular complexity index is 167. The molecule has 0 fully saturated rings. The van der Waals surface area contributed by atoms with Gasteiger partial charge in [0.1, 0.15) is 0 Å². The molecule has 0 aliphatic carbocycles. The van der Waals surface area contributed by atoms with Crippen molar-refractivity contribution in [2.45, 2.75) is 5.66 Å². The van der Waals surface area contributed by atoms with Crippen molar-refractivity contribution >= 4 is 5.97 Å². The molecule has 1 atom stereocenters. The van der Waals surface area contributed by atoms with Crippen LogP contribution in [-0.4, -0.2) is 16.7 Å².